The standard InChI is InChI=1S/C17H23N3O2S/c1-21-13-7-8-15-12(10-13)4-2-6-16(15)19-20-17(23)18-11-14-5-3-9-22-14/h7-8,10,14H,2-6,9,11H2,1H3,(H2,18,20,23)/b19-16-/t14-/m1/s1. The molecule has 6 heteroatoms. The molecule has 1 fully saturated rings. The van der Waals surface area contributed by atoms with Crippen molar-refractivity contribution >= 4 is 23.0 Å². The van der Waals surface area contributed by atoms with Crippen molar-refractivity contribution in [3.63, 3.8) is 0 Å². The van der Waals surface area contributed by atoms with E-state index >= 15 is 0 Å². The van der Waals surface area contributed by atoms with E-state index in [-0.39, 0.29) is 6.10 Å². The summed E-state index contributed by atoms with van der Waals surface area (Å²) in [6.07, 6.45) is 5.62. The number of ether oxygens (including phenoxy) is 2. The van der Waals surface area contributed by atoms with Gasteiger partial charge in [0.2, 0.25) is 0 Å². The fourth-order valence-corrected chi connectivity index (χ4v) is 3.18. The van der Waals surface area contributed by atoms with Crippen LogP contribution in [0.15, 0.2) is 23.3 Å². The minimum atomic E-state index is 0.269. The molecule has 1 aromatic rings. The summed E-state index contributed by atoms with van der Waals surface area (Å²) < 4.78 is 10.9. The van der Waals surface area contributed by atoms with Crippen molar-refractivity contribution in [1.29, 1.82) is 0 Å². The Morgan fingerprint density at radius 3 is 3.09 bits per heavy atom. The van der Waals surface area contributed by atoms with E-state index in [1.54, 1.807) is 7.11 Å². The summed E-state index contributed by atoms with van der Waals surface area (Å²) >= 11 is 5.29. The first kappa shape index (κ1) is 16.2. The van der Waals surface area contributed by atoms with E-state index in [4.69, 9.17) is 21.7 Å². The van der Waals surface area contributed by atoms with Crippen molar-refractivity contribution in [3.05, 3.63) is 29.3 Å². The lowest BCUT2D eigenvalue weighted by atomic mass is 9.90. The van der Waals surface area contributed by atoms with Crippen LogP contribution < -0.4 is 15.5 Å². The van der Waals surface area contributed by atoms with Gasteiger partial charge in [-0.3, -0.25) is 5.43 Å². The van der Waals surface area contributed by atoms with Crippen LogP contribution in [0.1, 0.15) is 36.8 Å². The van der Waals surface area contributed by atoms with Gasteiger partial charge in [-0.25, -0.2) is 0 Å². The molecule has 0 bridgehead atoms. The van der Waals surface area contributed by atoms with Crippen molar-refractivity contribution in [2.24, 2.45) is 5.10 Å². The van der Waals surface area contributed by atoms with Gasteiger partial charge in [0.05, 0.1) is 18.9 Å². The first-order valence-electron chi connectivity index (χ1n) is 8.15. The number of methoxy groups -OCH3 is 1. The van der Waals surface area contributed by atoms with E-state index in [2.05, 4.69) is 28.0 Å². The van der Waals surface area contributed by atoms with E-state index in [0.717, 1.165) is 56.7 Å². The molecular formula is C17H23N3O2S. The van der Waals surface area contributed by atoms with Gasteiger partial charge in [0.1, 0.15) is 5.75 Å². The predicted octanol–water partition coefficient (Wildman–Crippen LogP) is 2.38. The topological polar surface area (TPSA) is 54.9 Å². The molecule has 1 atom stereocenters. The van der Waals surface area contributed by atoms with Crippen LogP contribution in [-0.4, -0.2) is 37.2 Å². The lowest BCUT2D eigenvalue weighted by Crippen LogP contribution is -2.37. The fourth-order valence-electron chi connectivity index (χ4n) is 3.05. The number of benzene rings is 1. The molecule has 0 radical (unpaired) electrons. The molecule has 5 nitrogen and oxygen atoms in total. The number of thiocarbonyl (C=S) groups is 1. The van der Waals surface area contributed by atoms with Crippen molar-refractivity contribution in [1.82, 2.24) is 10.7 Å². The van der Waals surface area contributed by atoms with Crippen LogP contribution >= 0.6 is 12.2 Å². The van der Waals surface area contributed by atoms with E-state index in [0.29, 0.717) is 5.11 Å². The van der Waals surface area contributed by atoms with Gasteiger partial charge in [-0.2, -0.15) is 5.10 Å². The molecule has 3 rings (SSSR count). The molecular weight excluding hydrogens is 310 g/mol. The van der Waals surface area contributed by atoms with E-state index in [1.165, 1.54) is 11.1 Å². The number of hydrogen-bond donors (Lipinski definition) is 2. The van der Waals surface area contributed by atoms with Crippen LogP contribution in [0, 0.1) is 0 Å². The monoisotopic (exact) mass is 333 g/mol. The summed E-state index contributed by atoms with van der Waals surface area (Å²) in [5.74, 6) is 0.895. The molecule has 1 aliphatic carbocycles. The predicted molar refractivity (Wildman–Crippen MR) is 95.2 cm³/mol. The second-order valence-corrected chi connectivity index (χ2v) is 6.30. The molecule has 0 aromatic heterocycles. The molecule has 1 aliphatic heterocycles. The Morgan fingerprint density at radius 1 is 1.39 bits per heavy atom. The van der Waals surface area contributed by atoms with Crippen LogP contribution in [0.2, 0.25) is 0 Å². The molecule has 1 heterocycles. The number of aryl methyl sites for hydroxylation is 1. The Labute approximate surface area is 142 Å². The highest BCUT2D eigenvalue weighted by atomic mass is 32.1. The van der Waals surface area contributed by atoms with Crippen LogP contribution in [0.5, 0.6) is 5.75 Å². The maximum Gasteiger partial charge on any atom is 0.187 e. The minimum absolute atomic E-state index is 0.269. The van der Waals surface area contributed by atoms with E-state index in [1.807, 2.05) is 6.07 Å². The van der Waals surface area contributed by atoms with Gasteiger partial charge in [0, 0.05) is 18.7 Å². The second kappa shape index (κ2) is 7.75. The minimum Gasteiger partial charge on any atom is -0.497 e. The van der Waals surface area contributed by atoms with Gasteiger partial charge < -0.3 is 14.8 Å². The molecule has 0 spiro atoms. The summed E-state index contributed by atoms with van der Waals surface area (Å²) in [4.78, 5) is 0. The van der Waals surface area contributed by atoms with Crippen LogP contribution in [0.3, 0.4) is 0 Å². The molecule has 1 aromatic carbocycles. The molecule has 0 saturated carbocycles. The van der Waals surface area contributed by atoms with E-state index in [9.17, 15) is 0 Å². The number of hydrogen-bond acceptors (Lipinski definition) is 4. The highest BCUT2D eigenvalue weighted by Crippen LogP contribution is 2.25. The first-order chi connectivity index (χ1) is 11.3. The number of rotatable bonds is 4. The van der Waals surface area contributed by atoms with Crippen molar-refractivity contribution in [2.45, 2.75) is 38.2 Å². The molecule has 2 N–H and O–H groups in total. The lowest BCUT2D eigenvalue weighted by molar-refractivity contribution is 0.114. The Morgan fingerprint density at radius 2 is 2.30 bits per heavy atom. The summed E-state index contributed by atoms with van der Waals surface area (Å²) in [5.41, 5.74) is 6.49. The van der Waals surface area contributed by atoms with Crippen LogP contribution in [-0.2, 0) is 11.2 Å². The van der Waals surface area contributed by atoms with Gasteiger partial charge in [-0.15, -0.1) is 0 Å². The second-order valence-electron chi connectivity index (χ2n) is 5.89. The molecule has 23 heavy (non-hydrogen) atoms. The van der Waals surface area contributed by atoms with Gasteiger partial charge in [-0.1, -0.05) is 0 Å². The Kier molecular flexibility index (Phi) is 5.46. The number of nitrogens with one attached hydrogen (secondary N) is 2. The van der Waals surface area contributed by atoms with Gasteiger partial charge in [0.25, 0.3) is 0 Å². The van der Waals surface area contributed by atoms with Crippen molar-refractivity contribution < 1.29 is 9.47 Å². The Hall–Kier alpha value is -1.66. The third-order valence-electron chi connectivity index (χ3n) is 4.29. The van der Waals surface area contributed by atoms with Gasteiger partial charge >= 0.3 is 0 Å². The summed E-state index contributed by atoms with van der Waals surface area (Å²) in [5, 5.41) is 8.23. The smallest absolute Gasteiger partial charge is 0.187 e. The van der Waals surface area contributed by atoms with Gasteiger partial charge in [-0.05, 0) is 68.1 Å². The van der Waals surface area contributed by atoms with Gasteiger partial charge in [0.15, 0.2) is 5.11 Å². The first-order valence-corrected chi connectivity index (χ1v) is 8.56. The molecule has 2 aliphatic rings. The van der Waals surface area contributed by atoms with Crippen molar-refractivity contribution in [2.75, 3.05) is 20.3 Å². The zero-order valence-electron chi connectivity index (χ0n) is 13.4. The Balaban J connectivity index is 1.58. The fraction of sp³-hybridized carbons (Fsp3) is 0.529. The largest absolute Gasteiger partial charge is 0.497 e. The highest BCUT2D eigenvalue weighted by molar-refractivity contribution is 7.80. The quantitative estimate of drug-likeness (QED) is 0.654. The third-order valence-corrected chi connectivity index (χ3v) is 4.53. The number of fused-ring (bicyclic) bond motifs is 1. The normalized spacial score (nSPS) is 21.8. The zero-order valence-corrected chi connectivity index (χ0v) is 14.2. The Bertz CT molecular complexity index is 598. The average molecular weight is 333 g/mol. The highest BCUT2D eigenvalue weighted by Gasteiger charge is 2.17. The SMILES string of the molecule is COc1ccc2c(c1)CCC/C2=N/NC(=S)NC[C@H]1CCCO1. The zero-order chi connectivity index (χ0) is 16.1. The molecule has 0 unspecified atom stereocenters. The number of nitrogens with zero attached hydrogens (tertiary/aromatic N) is 1. The molecule has 0 amide bonds. The lowest BCUT2D eigenvalue weighted by Gasteiger charge is -2.19. The van der Waals surface area contributed by atoms with Crippen molar-refractivity contribution in [3.8, 4) is 5.75 Å². The average Bonchev–Trinajstić information content (AvgIpc) is 3.11. The number of hydrazone groups is 1. The van der Waals surface area contributed by atoms with Crippen LogP contribution in [0.4, 0.5) is 0 Å². The third kappa shape index (κ3) is 4.20. The van der Waals surface area contributed by atoms with E-state index < -0.39 is 0 Å². The summed E-state index contributed by atoms with van der Waals surface area (Å²) in [7, 11) is 1.69. The van der Waals surface area contributed by atoms with Crippen LogP contribution in [0.25, 0.3) is 0 Å². The maximum atomic E-state index is 5.57. The summed E-state index contributed by atoms with van der Waals surface area (Å²) in [6.45, 7) is 1.60. The summed E-state index contributed by atoms with van der Waals surface area (Å²) in [6, 6.07) is 6.16. The maximum absolute atomic E-state index is 5.57. The molecule has 1 saturated heterocycles. The molecule has 124 valence electrons.